The van der Waals surface area contributed by atoms with Crippen molar-refractivity contribution in [2.24, 2.45) is 5.73 Å². The maximum absolute atomic E-state index is 12.5. The number of ether oxygens (including phenoxy) is 2. The molecule has 0 radical (unpaired) electrons. The molecule has 0 saturated heterocycles. The molecule has 31 heavy (non-hydrogen) atoms. The number of benzene rings is 1. The summed E-state index contributed by atoms with van der Waals surface area (Å²) in [5.41, 5.74) is 7.22. The predicted molar refractivity (Wildman–Crippen MR) is 117 cm³/mol. The molecule has 5 N–H and O–H groups in total. The minimum absolute atomic E-state index is 0.104. The van der Waals surface area contributed by atoms with Crippen LogP contribution in [0.2, 0.25) is 0 Å². The van der Waals surface area contributed by atoms with Gasteiger partial charge >= 0.3 is 6.09 Å². The smallest absolute Gasteiger partial charge is 0.407 e. The Morgan fingerprint density at radius 2 is 2.13 bits per heavy atom. The average molecular weight is 430 g/mol. The SMILES string of the molecule is CCCNC(=O)O[C@H]1CC[C@@H](c2cc(NC(=O)Cc3ccccc3OCCN)n[nH]2)C1. The summed E-state index contributed by atoms with van der Waals surface area (Å²) in [7, 11) is 0. The lowest BCUT2D eigenvalue weighted by atomic mass is 10.0. The van der Waals surface area contributed by atoms with E-state index in [0.717, 1.165) is 36.9 Å². The van der Waals surface area contributed by atoms with E-state index in [1.54, 1.807) is 0 Å². The third kappa shape index (κ3) is 6.71. The fraction of sp³-hybridized carbons (Fsp3) is 0.500. The van der Waals surface area contributed by atoms with Crippen LogP contribution in [0.3, 0.4) is 0 Å². The fourth-order valence-electron chi connectivity index (χ4n) is 3.68. The average Bonchev–Trinajstić information content (AvgIpc) is 3.41. The van der Waals surface area contributed by atoms with Gasteiger partial charge in [0.1, 0.15) is 18.5 Å². The van der Waals surface area contributed by atoms with Gasteiger partial charge in [-0.15, -0.1) is 0 Å². The molecule has 1 aliphatic carbocycles. The van der Waals surface area contributed by atoms with Crippen molar-refractivity contribution in [2.45, 2.75) is 51.0 Å². The molecule has 168 valence electrons. The van der Waals surface area contributed by atoms with E-state index in [9.17, 15) is 9.59 Å². The number of anilines is 1. The summed E-state index contributed by atoms with van der Waals surface area (Å²) in [6.45, 7) is 3.41. The second-order valence-electron chi connectivity index (χ2n) is 7.64. The predicted octanol–water partition coefficient (Wildman–Crippen LogP) is 2.70. The molecule has 1 aromatic heterocycles. The summed E-state index contributed by atoms with van der Waals surface area (Å²) in [6.07, 6.45) is 3.03. The number of nitrogens with one attached hydrogen (secondary N) is 3. The highest BCUT2D eigenvalue weighted by Crippen LogP contribution is 2.35. The first-order valence-electron chi connectivity index (χ1n) is 10.8. The fourth-order valence-corrected chi connectivity index (χ4v) is 3.68. The molecule has 0 aliphatic heterocycles. The summed E-state index contributed by atoms with van der Waals surface area (Å²) in [5.74, 6) is 1.17. The van der Waals surface area contributed by atoms with E-state index >= 15 is 0 Å². The Morgan fingerprint density at radius 3 is 2.94 bits per heavy atom. The van der Waals surface area contributed by atoms with Crippen LogP contribution >= 0.6 is 0 Å². The third-order valence-corrected chi connectivity index (χ3v) is 5.18. The van der Waals surface area contributed by atoms with Crippen molar-refractivity contribution in [3.63, 3.8) is 0 Å². The zero-order valence-corrected chi connectivity index (χ0v) is 17.9. The van der Waals surface area contributed by atoms with Gasteiger partial charge in [-0.25, -0.2) is 4.79 Å². The summed E-state index contributed by atoms with van der Waals surface area (Å²) in [6, 6.07) is 9.26. The van der Waals surface area contributed by atoms with E-state index in [4.69, 9.17) is 15.2 Å². The Labute approximate surface area is 182 Å². The first-order valence-corrected chi connectivity index (χ1v) is 10.8. The van der Waals surface area contributed by atoms with Crippen molar-refractivity contribution in [1.29, 1.82) is 0 Å². The molecular weight excluding hydrogens is 398 g/mol. The molecule has 0 spiro atoms. The van der Waals surface area contributed by atoms with Gasteiger partial charge in [0.05, 0.1) is 6.42 Å². The number of carbonyl (C=O) groups is 2. The van der Waals surface area contributed by atoms with E-state index in [1.807, 2.05) is 37.3 Å². The number of para-hydroxylation sites is 1. The van der Waals surface area contributed by atoms with Crippen LogP contribution in [-0.2, 0) is 16.0 Å². The maximum atomic E-state index is 12.5. The highest BCUT2D eigenvalue weighted by molar-refractivity contribution is 5.91. The largest absolute Gasteiger partial charge is 0.492 e. The van der Waals surface area contributed by atoms with E-state index in [0.29, 0.717) is 31.3 Å². The zero-order valence-electron chi connectivity index (χ0n) is 17.9. The Hall–Kier alpha value is -3.07. The number of nitrogens with zero attached hydrogens (tertiary/aromatic N) is 1. The van der Waals surface area contributed by atoms with Crippen molar-refractivity contribution >= 4 is 17.8 Å². The van der Waals surface area contributed by atoms with Gasteiger partial charge in [0, 0.05) is 36.3 Å². The van der Waals surface area contributed by atoms with Crippen LogP contribution in [0.15, 0.2) is 30.3 Å². The maximum Gasteiger partial charge on any atom is 0.407 e. The normalized spacial score (nSPS) is 17.9. The van der Waals surface area contributed by atoms with Crippen LogP contribution in [0, 0.1) is 0 Å². The van der Waals surface area contributed by atoms with Gasteiger partial charge in [-0.3, -0.25) is 9.89 Å². The van der Waals surface area contributed by atoms with E-state index in [1.165, 1.54) is 0 Å². The van der Waals surface area contributed by atoms with Crippen molar-refractivity contribution in [3.8, 4) is 5.75 Å². The lowest BCUT2D eigenvalue weighted by Gasteiger charge is -2.12. The number of aromatic amines is 1. The molecule has 2 amide bonds. The minimum Gasteiger partial charge on any atom is -0.492 e. The molecule has 0 unspecified atom stereocenters. The van der Waals surface area contributed by atoms with Gasteiger partial charge in [-0.1, -0.05) is 25.1 Å². The molecule has 1 fully saturated rings. The van der Waals surface area contributed by atoms with Crippen LogP contribution in [0.1, 0.15) is 49.8 Å². The molecule has 1 saturated carbocycles. The van der Waals surface area contributed by atoms with Gasteiger partial charge in [0.25, 0.3) is 0 Å². The summed E-state index contributed by atoms with van der Waals surface area (Å²) in [5, 5.41) is 12.8. The van der Waals surface area contributed by atoms with Crippen molar-refractivity contribution in [1.82, 2.24) is 15.5 Å². The zero-order chi connectivity index (χ0) is 22.1. The van der Waals surface area contributed by atoms with Gasteiger partial charge in [0.15, 0.2) is 5.82 Å². The first kappa shape index (κ1) is 22.6. The molecule has 1 aliphatic rings. The van der Waals surface area contributed by atoms with Crippen LogP contribution in [0.25, 0.3) is 0 Å². The number of amides is 2. The molecule has 1 heterocycles. The highest BCUT2D eigenvalue weighted by Gasteiger charge is 2.30. The number of nitrogens with two attached hydrogens (primary N) is 1. The third-order valence-electron chi connectivity index (χ3n) is 5.18. The van der Waals surface area contributed by atoms with Gasteiger partial charge in [0.2, 0.25) is 5.91 Å². The van der Waals surface area contributed by atoms with Gasteiger partial charge < -0.3 is 25.8 Å². The van der Waals surface area contributed by atoms with Crippen LogP contribution in [0.5, 0.6) is 5.75 Å². The number of alkyl carbamates (subject to hydrolysis) is 1. The monoisotopic (exact) mass is 429 g/mol. The van der Waals surface area contributed by atoms with E-state index in [-0.39, 0.29) is 30.4 Å². The minimum atomic E-state index is -0.360. The van der Waals surface area contributed by atoms with Gasteiger partial charge in [-0.2, -0.15) is 5.10 Å². The Kier molecular flexibility index (Phi) is 8.28. The summed E-state index contributed by atoms with van der Waals surface area (Å²) >= 11 is 0. The molecular formula is C22H31N5O4. The lowest BCUT2D eigenvalue weighted by Crippen LogP contribution is -2.28. The number of rotatable bonds is 10. The van der Waals surface area contributed by atoms with Crippen LogP contribution in [0.4, 0.5) is 10.6 Å². The quantitative estimate of drug-likeness (QED) is 0.459. The van der Waals surface area contributed by atoms with Gasteiger partial charge in [-0.05, 0) is 31.7 Å². The number of hydrogen-bond donors (Lipinski definition) is 4. The number of carbonyl (C=O) groups excluding carboxylic acids is 2. The summed E-state index contributed by atoms with van der Waals surface area (Å²) in [4.78, 5) is 24.2. The second-order valence-corrected chi connectivity index (χ2v) is 7.64. The molecule has 3 rings (SSSR count). The molecule has 1 aromatic carbocycles. The molecule has 2 atom stereocenters. The Bertz CT molecular complexity index is 869. The lowest BCUT2D eigenvalue weighted by molar-refractivity contribution is -0.115. The van der Waals surface area contributed by atoms with Crippen LogP contribution in [-0.4, -0.2) is 48.0 Å². The molecule has 0 bridgehead atoms. The van der Waals surface area contributed by atoms with E-state index < -0.39 is 0 Å². The Morgan fingerprint density at radius 1 is 1.29 bits per heavy atom. The molecule has 9 heteroatoms. The van der Waals surface area contributed by atoms with Crippen molar-refractivity contribution in [3.05, 3.63) is 41.6 Å². The standard InChI is InChI=1S/C22H31N5O4/c1-2-10-24-22(29)31-17-8-7-15(12-17)18-14-20(27-26-18)25-21(28)13-16-5-3-4-6-19(16)30-11-9-23/h3-6,14-15,17H,2,7-13,23H2,1H3,(H,24,29)(H2,25,26,27,28)/t15-,17+/m1/s1. The van der Waals surface area contributed by atoms with Crippen LogP contribution < -0.4 is 21.1 Å². The Balaban J connectivity index is 1.50. The topological polar surface area (TPSA) is 131 Å². The first-order chi connectivity index (χ1) is 15.1. The summed E-state index contributed by atoms with van der Waals surface area (Å²) < 4.78 is 11.1. The molecule has 9 nitrogen and oxygen atoms in total. The van der Waals surface area contributed by atoms with Crippen molar-refractivity contribution < 1.29 is 19.1 Å². The van der Waals surface area contributed by atoms with E-state index in [2.05, 4.69) is 20.8 Å². The number of hydrogen-bond acceptors (Lipinski definition) is 6. The number of aromatic nitrogens is 2. The van der Waals surface area contributed by atoms with Crippen molar-refractivity contribution in [2.75, 3.05) is 25.0 Å². The molecule has 2 aromatic rings. The second kappa shape index (κ2) is 11.4. The number of H-pyrrole nitrogens is 1. The highest BCUT2D eigenvalue weighted by atomic mass is 16.6.